The second-order valence-corrected chi connectivity index (χ2v) is 5.60. The van der Waals surface area contributed by atoms with Gasteiger partial charge in [0.1, 0.15) is 0 Å². The molecule has 0 spiro atoms. The fraction of sp³-hybridized carbons (Fsp3) is 0.909. The first-order valence-electron chi connectivity index (χ1n) is 5.69. The Morgan fingerprint density at radius 2 is 2.33 bits per heavy atom. The van der Waals surface area contributed by atoms with Gasteiger partial charge in [-0.15, -0.1) is 0 Å². The third kappa shape index (κ3) is 3.68. The highest BCUT2D eigenvalue weighted by atomic mass is 32.2. The predicted octanol–water partition coefficient (Wildman–Crippen LogP) is 1.23. The van der Waals surface area contributed by atoms with Crippen molar-refractivity contribution in [3.05, 3.63) is 0 Å². The summed E-state index contributed by atoms with van der Waals surface area (Å²) in [5.74, 6) is 0.794. The van der Waals surface area contributed by atoms with Crippen LogP contribution in [0.4, 0.5) is 0 Å². The van der Waals surface area contributed by atoms with Gasteiger partial charge in [0, 0.05) is 17.7 Å². The van der Waals surface area contributed by atoms with Gasteiger partial charge < -0.3 is 11.1 Å². The molecule has 1 saturated carbocycles. The summed E-state index contributed by atoms with van der Waals surface area (Å²) in [7, 11) is 0. The van der Waals surface area contributed by atoms with Crippen LogP contribution in [0.1, 0.15) is 26.2 Å². The summed E-state index contributed by atoms with van der Waals surface area (Å²) in [6, 6.07) is 0. The maximum absolute atomic E-state index is 11.9. The Morgan fingerprint density at radius 1 is 1.60 bits per heavy atom. The normalized spacial score (nSPS) is 27.7. The maximum Gasteiger partial charge on any atom is 0.223 e. The average Bonchev–Trinajstić information content (AvgIpc) is 2.73. The van der Waals surface area contributed by atoms with Gasteiger partial charge in [0.2, 0.25) is 5.91 Å². The van der Waals surface area contributed by atoms with Crippen LogP contribution in [0.2, 0.25) is 0 Å². The van der Waals surface area contributed by atoms with Crippen molar-refractivity contribution in [2.24, 2.45) is 17.6 Å². The van der Waals surface area contributed by atoms with Crippen molar-refractivity contribution in [2.45, 2.75) is 31.4 Å². The van der Waals surface area contributed by atoms with Crippen LogP contribution >= 0.6 is 11.8 Å². The Morgan fingerprint density at radius 3 is 2.93 bits per heavy atom. The van der Waals surface area contributed by atoms with E-state index in [0.29, 0.717) is 17.7 Å². The Labute approximate surface area is 96.6 Å². The molecule has 3 nitrogen and oxygen atoms in total. The highest BCUT2D eigenvalue weighted by Gasteiger charge is 2.31. The molecule has 15 heavy (non-hydrogen) atoms. The van der Waals surface area contributed by atoms with E-state index in [1.807, 2.05) is 0 Å². The van der Waals surface area contributed by atoms with Gasteiger partial charge in [-0.25, -0.2) is 0 Å². The van der Waals surface area contributed by atoms with E-state index < -0.39 is 0 Å². The number of nitrogens with two attached hydrogens (primary N) is 1. The minimum absolute atomic E-state index is 0.170. The van der Waals surface area contributed by atoms with E-state index in [9.17, 15) is 4.79 Å². The quantitative estimate of drug-likeness (QED) is 0.747. The van der Waals surface area contributed by atoms with Crippen molar-refractivity contribution >= 4 is 17.7 Å². The van der Waals surface area contributed by atoms with E-state index in [-0.39, 0.29) is 11.8 Å². The number of rotatable bonds is 5. The lowest BCUT2D eigenvalue weighted by Gasteiger charge is -2.18. The number of amides is 1. The lowest BCUT2D eigenvalue weighted by Crippen LogP contribution is -2.37. The SMILES string of the molecule is CSC(C)CNC(=O)[C@@H]1CCC[C@@H]1CN. The smallest absolute Gasteiger partial charge is 0.223 e. The van der Waals surface area contributed by atoms with Crippen LogP contribution in [0, 0.1) is 11.8 Å². The zero-order chi connectivity index (χ0) is 11.3. The summed E-state index contributed by atoms with van der Waals surface area (Å²) in [4.78, 5) is 11.9. The Hall–Kier alpha value is -0.220. The highest BCUT2D eigenvalue weighted by molar-refractivity contribution is 7.99. The average molecular weight is 230 g/mol. The third-order valence-corrected chi connectivity index (χ3v) is 4.24. The molecular weight excluding hydrogens is 208 g/mol. The molecule has 1 aliphatic carbocycles. The molecule has 0 aromatic carbocycles. The lowest BCUT2D eigenvalue weighted by atomic mass is 9.95. The molecule has 88 valence electrons. The molecule has 0 radical (unpaired) electrons. The molecule has 0 saturated heterocycles. The number of carbonyl (C=O) groups excluding carboxylic acids is 1. The van der Waals surface area contributed by atoms with Crippen LogP contribution in [0.25, 0.3) is 0 Å². The number of nitrogens with one attached hydrogen (secondary N) is 1. The monoisotopic (exact) mass is 230 g/mol. The molecule has 0 aliphatic heterocycles. The van der Waals surface area contributed by atoms with Crippen molar-refractivity contribution < 1.29 is 4.79 Å². The van der Waals surface area contributed by atoms with Gasteiger partial charge in [0.05, 0.1) is 0 Å². The molecule has 4 heteroatoms. The van der Waals surface area contributed by atoms with Crippen molar-refractivity contribution in [1.29, 1.82) is 0 Å². The molecule has 3 atom stereocenters. The molecule has 1 aliphatic rings. The molecule has 0 aromatic heterocycles. The zero-order valence-electron chi connectivity index (χ0n) is 9.66. The molecule has 0 aromatic rings. The van der Waals surface area contributed by atoms with Gasteiger partial charge in [-0.2, -0.15) is 11.8 Å². The Balaban J connectivity index is 2.33. The summed E-state index contributed by atoms with van der Waals surface area (Å²) in [6.07, 6.45) is 5.35. The van der Waals surface area contributed by atoms with Gasteiger partial charge in [-0.05, 0) is 31.6 Å². The lowest BCUT2D eigenvalue weighted by molar-refractivity contribution is -0.125. The third-order valence-electron chi connectivity index (χ3n) is 3.26. The minimum Gasteiger partial charge on any atom is -0.355 e. The largest absolute Gasteiger partial charge is 0.355 e. The molecule has 0 bridgehead atoms. The summed E-state index contributed by atoms with van der Waals surface area (Å²) in [5, 5.41) is 3.52. The molecule has 1 rings (SSSR count). The number of hydrogen-bond donors (Lipinski definition) is 2. The van der Waals surface area contributed by atoms with Crippen LogP contribution in [-0.2, 0) is 4.79 Å². The standard InChI is InChI=1S/C11H22N2OS/c1-8(15-2)7-13-11(14)10-5-3-4-9(10)6-12/h8-10H,3-7,12H2,1-2H3,(H,13,14)/t8?,9-,10-/m1/s1. The predicted molar refractivity (Wildman–Crippen MR) is 65.9 cm³/mol. The van der Waals surface area contributed by atoms with E-state index in [0.717, 1.165) is 25.8 Å². The van der Waals surface area contributed by atoms with E-state index in [1.165, 1.54) is 0 Å². The van der Waals surface area contributed by atoms with E-state index in [1.54, 1.807) is 11.8 Å². The van der Waals surface area contributed by atoms with Gasteiger partial charge in [0.25, 0.3) is 0 Å². The molecule has 3 N–H and O–H groups in total. The van der Waals surface area contributed by atoms with Crippen molar-refractivity contribution in [1.82, 2.24) is 5.32 Å². The van der Waals surface area contributed by atoms with Crippen LogP contribution in [-0.4, -0.2) is 30.5 Å². The van der Waals surface area contributed by atoms with Crippen molar-refractivity contribution in [2.75, 3.05) is 19.3 Å². The molecule has 1 unspecified atom stereocenters. The van der Waals surface area contributed by atoms with E-state index in [2.05, 4.69) is 18.5 Å². The van der Waals surface area contributed by atoms with E-state index >= 15 is 0 Å². The fourth-order valence-corrected chi connectivity index (χ4v) is 2.37. The first kappa shape index (κ1) is 12.8. The van der Waals surface area contributed by atoms with Crippen LogP contribution < -0.4 is 11.1 Å². The summed E-state index contributed by atoms with van der Waals surface area (Å²) < 4.78 is 0. The first-order valence-corrected chi connectivity index (χ1v) is 6.98. The van der Waals surface area contributed by atoms with Gasteiger partial charge in [0.15, 0.2) is 0 Å². The van der Waals surface area contributed by atoms with Crippen molar-refractivity contribution in [3.8, 4) is 0 Å². The minimum atomic E-state index is 0.170. The molecule has 0 heterocycles. The maximum atomic E-state index is 11.9. The van der Waals surface area contributed by atoms with Crippen molar-refractivity contribution in [3.63, 3.8) is 0 Å². The topological polar surface area (TPSA) is 55.1 Å². The molecule has 1 amide bonds. The van der Waals surface area contributed by atoms with Crippen LogP contribution in [0.15, 0.2) is 0 Å². The molecule has 1 fully saturated rings. The van der Waals surface area contributed by atoms with Crippen LogP contribution in [0.3, 0.4) is 0 Å². The Bertz CT molecular complexity index is 211. The highest BCUT2D eigenvalue weighted by Crippen LogP contribution is 2.30. The Kier molecular flexibility index (Phi) is 5.47. The number of carbonyl (C=O) groups is 1. The first-order chi connectivity index (χ1) is 7.19. The van der Waals surface area contributed by atoms with Gasteiger partial charge in [-0.3, -0.25) is 4.79 Å². The fourth-order valence-electron chi connectivity index (χ4n) is 2.12. The summed E-state index contributed by atoms with van der Waals surface area (Å²) in [5.41, 5.74) is 5.66. The van der Waals surface area contributed by atoms with Gasteiger partial charge in [-0.1, -0.05) is 13.3 Å². The summed E-state index contributed by atoms with van der Waals surface area (Å²) >= 11 is 1.78. The second kappa shape index (κ2) is 6.38. The van der Waals surface area contributed by atoms with E-state index in [4.69, 9.17) is 5.73 Å². The number of thioether (sulfide) groups is 1. The summed E-state index contributed by atoms with van der Waals surface area (Å²) in [6.45, 7) is 3.55. The van der Waals surface area contributed by atoms with Gasteiger partial charge >= 0.3 is 0 Å². The molecular formula is C11H22N2OS. The second-order valence-electron chi connectivity index (χ2n) is 4.32. The zero-order valence-corrected chi connectivity index (χ0v) is 10.5. The number of hydrogen-bond acceptors (Lipinski definition) is 3. The van der Waals surface area contributed by atoms with Crippen LogP contribution in [0.5, 0.6) is 0 Å².